The number of halogens is 2. The van der Waals surface area contributed by atoms with E-state index in [0.29, 0.717) is 34.1 Å². The number of aromatic nitrogens is 3. The van der Waals surface area contributed by atoms with Crippen LogP contribution in [0.1, 0.15) is 51.4 Å². The first-order valence-electron chi connectivity index (χ1n) is 15.3. The van der Waals surface area contributed by atoms with Gasteiger partial charge in [0.1, 0.15) is 29.5 Å². The second-order valence-corrected chi connectivity index (χ2v) is 12.5. The summed E-state index contributed by atoms with van der Waals surface area (Å²) >= 11 is 0. The Morgan fingerprint density at radius 1 is 0.902 bits per heavy atom. The van der Waals surface area contributed by atoms with Gasteiger partial charge < -0.3 is 9.64 Å². The second-order valence-electron chi connectivity index (χ2n) is 12.5. The van der Waals surface area contributed by atoms with Crippen LogP contribution in [0.15, 0.2) is 42.6 Å². The molecular formula is C33H35F2N5O. The maximum atomic E-state index is 16.6. The number of rotatable bonds is 5. The van der Waals surface area contributed by atoms with E-state index in [1.54, 1.807) is 18.3 Å². The summed E-state index contributed by atoms with van der Waals surface area (Å²) in [4.78, 5) is 19.0. The van der Waals surface area contributed by atoms with Crippen molar-refractivity contribution in [2.75, 3.05) is 37.7 Å². The number of hydrogen-bond acceptors (Lipinski definition) is 6. The molecule has 2 aromatic heterocycles. The van der Waals surface area contributed by atoms with Crippen molar-refractivity contribution in [3.8, 4) is 17.3 Å². The van der Waals surface area contributed by atoms with Gasteiger partial charge in [-0.15, -0.1) is 0 Å². The van der Waals surface area contributed by atoms with Gasteiger partial charge in [-0.05, 0) is 87.7 Å². The highest BCUT2D eigenvalue weighted by atomic mass is 19.1. The van der Waals surface area contributed by atoms with Crippen molar-refractivity contribution in [3.05, 3.63) is 54.2 Å². The topological polar surface area (TPSA) is 54.4 Å². The van der Waals surface area contributed by atoms with Crippen molar-refractivity contribution in [2.45, 2.75) is 56.9 Å². The molecule has 4 aromatic rings. The molecule has 0 radical (unpaired) electrons. The molecule has 0 amide bonds. The molecule has 1 saturated carbocycles. The van der Waals surface area contributed by atoms with Crippen molar-refractivity contribution < 1.29 is 13.5 Å². The lowest BCUT2D eigenvalue weighted by Crippen LogP contribution is -2.43. The number of pyridine rings is 1. The zero-order valence-electron chi connectivity index (χ0n) is 23.3. The lowest BCUT2D eigenvalue weighted by Gasteiger charge is -2.31. The number of anilines is 1. The highest BCUT2D eigenvalue weighted by molar-refractivity contribution is 5.99. The third kappa shape index (κ3) is 4.33. The zero-order chi connectivity index (χ0) is 27.6. The number of ether oxygens (including phenoxy) is 1. The lowest BCUT2D eigenvalue weighted by molar-refractivity contribution is 0.108. The molecule has 4 fully saturated rings. The molecule has 212 valence electrons. The Morgan fingerprint density at radius 2 is 1.71 bits per heavy atom. The van der Waals surface area contributed by atoms with E-state index in [2.05, 4.69) is 19.8 Å². The third-order valence-corrected chi connectivity index (χ3v) is 10.2. The van der Waals surface area contributed by atoms with Crippen molar-refractivity contribution >= 4 is 27.5 Å². The van der Waals surface area contributed by atoms with Crippen LogP contribution >= 0.6 is 0 Å². The summed E-state index contributed by atoms with van der Waals surface area (Å²) in [6, 6.07) is 10.5. The standard InChI is InChI=1S/C33H35F2N5O/c34-26-10-2-7-21-6-1-9-24(27(21)26)29-28(35)30-25(19-36-29)31(39-14-3-8-22-18-23(22)11-17-39)38-32(37-30)41-20-33-12-4-15-40(33)16-5-13-33/h1-2,6-7,9-10,19,22-23H,3-5,8,11-18,20H2. The summed E-state index contributed by atoms with van der Waals surface area (Å²) in [5.74, 6) is 1.39. The molecule has 8 heteroatoms. The molecule has 6 nitrogen and oxygen atoms in total. The molecule has 1 aliphatic carbocycles. The lowest BCUT2D eigenvalue weighted by atomic mass is 9.95. The quantitative estimate of drug-likeness (QED) is 0.271. The number of fused-ring (bicyclic) bond motifs is 4. The fraction of sp³-hybridized carbons (Fsp3) is 0.485. The summed E-state index contributed by atoms with van der Waals surface area (Å²) < 4.78 is 37.9. The van der Waals surface area contributed by atoms with E-state index in [9.17, 15) is 0 Å². The van der Waals surface area contributed by atoms with Gasteiger partial charge in [0.05, 0.1) is 10.9 Å². The number of nitrogens with zero attached hydrogens (tertiary/aromatic N) is 5. The first kappa shape index (κ1) is 25.3. The Labute approximate surface area is 238 Å². The molecule has 4 aliphatic rings. The zero-order valence-corrected chi connectivity index (χ0v) is 23.3. The summed E-state index contributed by atoms with van der Waals surface area (Å²) in [6.07, 6.45) is 11.0. The fourth-order valence-corrected chi connectivity index (χ4v) is 7.87. The Morgan fingerprint density at radius 3 is 2.56 bits per heavy atom. The van der Waals surface area contributed by atoms with Gasteiger partial charge in [-0.25, -0.2) is 8.78 Å². The van der Waals surface area contributed by atoms with Crippen LogP contribution in [-0.4, -0.2) is 58.2 Å². The maximum Gasteiger partial charge on any atom is 0.319 e. The van der Waals surface area contributed by atoms with E-state index < -0.39 is 11.6 Å². The van der Waals surface area contributed by atoms with Crippen molar-refractivity contribution in [3.63, 3.8) is 0 Å². The fourth-order valence-electron chi connectivity index (χ4n) is 7.87. The van der Waals surface area contributed by atoms with Gasteiger partial charge in [0.15, 0.2) is 5.82 Å². The van der Waals surface area contributed by atoms with Crippen molar-refractivity contribution in [2.24, 2.45) is 11.8 Å². The highest BCUT2D eigenvalue weighted by Gasteiger charge is 2.45. The maximum absolute atomic E-state index is 16.6. The summed E-state index contributed by atoms with van der Waals surface area (Å²) in [5, 5.41) is 1.64. The molecule has 0 spiro atoms. The molecule has 2 unspecified atom stereocenters. The molecule has 2 aromatic carbocycles. The minimum absolute atomic E-state index is 0.0302. The van der Waals surface area contributed by atoms with Gasteiger partial charge in [-0.1, -0.05) is 30.3 Å². The minimum atomic E-state index is -0.567. The van der Waals surface area contributed by atoms with Crippen LogP contribution in [0, 0.1) is 23.5 Å². The van der Waals surface area contributed by atoms with E-state index in [1.165, 1.54) is 31.7 Å². The average Bonchev–Trinajstić information content (AvgIpc) is 3.38. The second kappa shape index (κ2) is 9.86. The Hall–Kier alpha value is -3.39. The summed E-state index contributed by atoms with van der Waals surface area (Å²) in [6.45, 7) is 4.46. The van der Waals surface area contributed by atoms with Crippen LogP contribution in [-0.2, 0) is 0 Å². The summed E-state index contributed by atoms with van der Waals surface area (Å²) in [5.41, 5.74) is 0.721. The van der Waals surface area contributed by atoms with Crippen LogP contribution < -0.4 is 9.64 Å². The molecule has 3 aliphatic heterocycles. The molecule has 0 N–H and O–H groups in total. The SMILES string of the molecule is Fc1c(-c2cccc3cccc(F)c23)ncc2c(N3CCCC4CC4CC3)nc(OCC34CCCN3CCC4)nc12. The third-order valence-electron chi connectivity index (χ3n) is 10.2. The average molecular weight is 556 g/mol. The van der Waals surface area contributed by atoms with Crippen LogP contribution in [0.25, 0.3) is 32.9 Å². The molecule has 2 atom stereocenters. The van der Waals surface area contributed by atoms with E-state index in [-0.39, 0.29) is 22.8 Å². The Balaban J connectivity index is 1.24. The van der Waals surface area contributed by atoms with E-state index in [4.69, 9.17) is 9.72 Å². The minimum Gasteiger partial charge on any atom is -0.461 e. The monoisotopic (exact) mass is 555 g/mol. The van der Waals surface area contributed by atoms with Gasteiger partial charge in [-0.2, -0.15) is 9.97 Å². The summed E-state index contributed by atoms with van der Waals surface area (Å²) in [7, 11) is 0. The predicted molar refractivity (Wildman–Crippen MR) is 156 cm³/mol. The van der Waals surface area contributed by atoms with Crippen LogP contribution in [0.4, 0.5) is 14.6 Å². The van der Waals surface area contributed by atoms with E-state index in [1.807, 2.05) is 18.2 Å². The van der Waals surface area contributed by atoms with Gasteiger partial charge in [-0.3, -0.25) is 9.88 Å². The molecule has 8 rings (SSSR count). The van der Waals surface area contributed by atoms with Gasteiger partial charge in [0.25, 0.3) is 0 Å². The Kier molecular flexibility index (Phi) is 6.09. The molecular weight excluding hydrogens is 520 g/mol. The van der Waals surface area contributed by atoms with Gasteiger partial charge in [0, 0.05) is 30.2 Å². The normalized spacial score (nSPS) is 23.8. The predicted octanol–water partition coefficient (Wildman–Crippen LogP) is 6.76. The highest BCUT2D eigenvalue weighted by Crippen LogP contribution is 2.46. The Bertz CT molecular complexity index is 1630. The van der Waals surface area contributed by atoms with E-state index in [0.717, 1.165) is 63.7 Å². The molecule has 3 saturated heterocycles. The van der Waals surface area contributed by atoms with Crippen LogP contribution in [0.2, 0.25) is 0 Å². The molecule has 41 heavy (non-hydrogen) atoms. The van der Waals surface area contributed by atoms with Crippen molar-refractivity contribution in [1.82, 2.24) is 19.9 Å². The smallest absolute Gasteiger partial charge is 0.319 e. The van der Waals surface area contributed by atoms with Gasteiger partial charge >= 0.3 is 6.01 Å². The largest absolute Gasteiger partial charge is 0.461 e. The molecule has 0 bridgehead atoms. The number of benzene rings is 2. The van der Waals surface area contributed by atoms with Crippen molar-refractivity contribution in [1.29, 1.82) is 0 Å². The molecule has 5 heterocycles. The van der Waals surface area contributed by atoms with Gasteiger partial charge in [0.2, 0.25) is 0 Å². The van der Waals surface area contributed by atoms with Crippen LogP contribution in [0.3, 0.4) is 0 Å². The van der Waals surface area contributed by atoms with Crippen LogP contribution in [0.5, 0.6) is 6.01 Å². The van der Waals surface area contributed by atoms with E-state index >= 15 is 8.78 Å². The first-order valence-corrected chi connectivity index (χ1v) is 15.3. The number of hydrogen-bond donors (Lipinski definition) is 0. The first-order chi connectivity index (χ1) is 20.1.